The van der Waals surface area contributed by atoms with Crippen LogP contribution in [0.15, 0.2) is 19.6 Å². The van der Waals surface area contributed by atoms with E-state index in [0.717, 1.165) is 39.8 Å². The summed E-state index contributed by atoms with van der Waals surface area (Å²) in [6.45, 7) is 4.28. The first-order valence-corrected chi connectivity index (χ1v) is 7.40. The van der Waals surface area contributed by atoms with Gasteiger partial charge < -0.3 is 9.73 Å². The van der Waals surface area contributed by atoms with Crippen LogP contribution in [-0.2, 0) is 6.54 Å². The maximum Gasteiger partial charge on any atom is 0.183 e. The molecule has 4 heteroatoms. The van der Waals surface area contributed by atoms with Crippen molar-refractivity contribution in [2.75, 3.05) is 6.54 Å². The van der Waals surface area contributed by atoms with Gasteiger partial charge in [-0.2, -0.15) is 0 Å². The molecule has 1 aliphatic rings. The molecule has 1 saturated carbocycles. The molecule has 0 spiro atoms. The summed E-state index contributed by atoms with van der Waals surface area (Å²) in [7, 11) is 0. The fourth-order valence-corrected chi connectivity index (χ4v) is 3.04. The minimum atomic E-state index is 0.776. The third-order valence-corrected chi connectivity index (χ3v) is 5.15. The molecule has 2 rings (SSSR count). The first-order valence-electron chi connectivity index (χ1n) is 5.81. The molecule has 0 aromatic carbocycles. The van der Waals surface area contributed by atoms with E-state index < -0.39 is 0 Å². The van der Waals surface area contributed by atoms with Crippen molar-refractivity contribution in [3.63, 3.8) is 0 Å². The van der Waals surface area contributed by atoms with Crippen LogP contribution in [0.3, 0.4) is 0 Å². The van der Waals surface area contributed by atoms with E-state index in [1.54, 1.807) is 0 Å². The molecule has 2 unspecified atom stereocenters. The second-order valence-corrected chi connectivity index (χ2v) is 6.21. The minimum absolute atomic E-state index is 0.776. The number of hydrogen-bond acceptors (Lipinski definition) is 2. The van der Waals surface area contributed by atoms with E-state index in [2.05, 4.69) is 44.1 Å². The molecule has 0 amide bonds. The zero-order chi connectivity index (χ0) is 11.5. The molecule has 1 heterocycles. The number of halogens is 2. The van der Waals surface area contributed by atoms with Crippen molar-refractivity contribution in [2.24, 2.45) is 11.8 Å². The van der Waals surface area contributed by atoms with Gasteiger partial charge in [0.05, 0.1) is 11.0 Å². The highest BCUT2D eigenvalue weighted by atomic mass is 79.9. The zero-order valence-corrected chi connectivity index (χ0v) is 12.6. The number of nitrogens with one attached hydrogen (secondary N) is 1. The molecule has 1 aromatic heterocycles. The Kier molecular flexibility index (Phi) is 4.50. The third kappa shape index (κ3) is 3.11. The van der Waals surface area contributed by atoms with E-state index in [1.165, 1.54) is 19.3 Å². The second-order valence-electron chi connectivity index (χ2n) is 4.63. The highest BCUT2D eigenvalue weighted by Crippen LogP contribution is 2.30. The maximum atomic E-state index is 5.51. The van der Waals surface area contributed by atoms with Crippen molar-refractivity contribution in [3.05, 3.63) is 21.0 Å². The van der Waals surface area contributed by atoms with Crippen molar-refractivity contribution < 1.29 is 4.42 Å². The Morgan fingerprint density at radius 3 is 2.81 bits per heavy atom. The van der Waals surface area contributed by atoms with Crippen LogP contribution in [0, 0.1) is 11.8 Å². The van der Waals surface area contributed by atoms with E-state index in [9.17, 15) is 0 Å². The highest BCUT2D eigenvalue weighted by Gasteiger charge is 2.22. The van der Waals surface area contributed by atoms with Crippen LogP contribution in [0.25, 0.3) is 0 Å². The van der Waals surface area contributed by atoms with Gasteiger partial charge >= 0.3 is 0 Å². The molecule has 1 fully saturated rings. The monoisotopic (exact) mass is 349 g/mol. The van der Waals surface area contributed by atoms with Gasteiger partial charge in [0.2, 0.25) is 0 Å². The van der Waals surface area contributed by atoms with Crippen LogP contribution in [0.1, 0.15) is 31.9 Å². The molecule has 16 heavy (non-hydrogen) atoms. The van der Waals surface area contributed by atoms with Gasteiger partial charge in [-0.05, 0) is 62.7 Å². The van der Waals surface area contributed by atoms with E-state index in [-0.39, 0.29) is 0 Å². The quantitative estimate of drug-likeness (QED) is 0.874. The number of rotatable bonds is 4. The van der Waals surface area contributed by atoms with Gasteiger partial charge in [0, 0.05) is 0 Å². The second kappa shape index (κ2) is 5.69. The van der Waals surface area contributed by atoms with Gasteiger partial charge in [-0.25, -0.2) is 0 Å². The summed E-state index contributed by atoms with van der Waals surface area (Å²) in [4.78, 5) is 0. The zero-order valence-electron chi connectivity index (χ0n) is 9.43. The molecular weight excluding hydrogens is 334 g/mol. The van der Waals surface area contributed by atoms with Gasteiger partial charge in [0.15, 0.2) is 4.67 Å². The molecule has 1 aromatic rings. The van der Waals surface area contributed by atoms with E-state index in [4.69, 9.17) is 4.42 Å². The molecular formula is C12H17Br2NO. The summed E-state index contributed by atoms with van der Waals surface area (Å²) in [5, 5.41) is 3.48. The predicted molar refractivity (Wildman–Crippen MR) is 72.3 cm³/mol. The number of furan rings is 1. The fraction of sp³-hybridized carbons (Fsp3) is 0.667. The van der Waals surface area contributed by atoms with Crippen LogP contribution in [-0.4, -0.2) is 6.54 Å². The summed E-state index contributed by atoms with van der Waals surface area (Å²) >= 11 is 6.76. The summed E-state index contributed by atoms with van der Waals surface area (Å²) in [6.07, 6.45) is 4.16. The van der Waals surface area contributed by atoms with E-state index >= 15 is 0 Å². The van der Waals surface area contributed by atoms with Gasteiger partial charge in [0.25, 0.3) is 0 Å². The lowest BCUT2D eigenvalue weighted by molar-refractivity contribution is 0.378. The first kappa shape index (κ1) is 12.7. The van der Waals surface area contributed by atoms with Gasteiger partial charge in [0.1, 0.15) is 5.76 Å². The molecule has 1 N–H and O–H groups in total. The molecule has 1 aliphatic carbocycles. The normalized spacial score (nSPS) is 25.2. The molecule has 90 valence electrons. The predicted octanol–water partition coefficient (Wildman–Crippen LogP) is 4.33. The molecule has 2 nitrogen and oxygen atoms in total. The van der Waals surface area contributed by atoms with Crippen LogP contribution >= 0.6 is 31.9 Å². The fourth-order valence-electron chi connectivity index (χ4n) is 2.38. The summed E-state index contributed by atoms with van der Waals surface area (Å²) in [5.74, 6) is 2.70. The summed E-state index contributed by atoms with van der Waals surface area (Å²) < 4.78 is 7.27. The Balaban J connectivity index is 1.75. The Morgan fingerprint density at radius 1 is 1.44 bits per heavy atom. The first-order chi connectivity index (χ1) is 7.66. The summed E-state index contributed by atoms with van der Waals surface area (Å²) in [6, 6.07) is 2.01. The van der Waals surface area contributed by atoms with Crippen LogP contribution in [0.2, 0.25) is 0 Å². The smallest absolute Gasteiger partial charge is 0.183 e. The average Bonchev–Trinajstić information content (AvgIpc) is 2.76. The highest BCUT2D eigenvalue weighted by molar-refractivity contribution is 9.13. The van der Waals surface area contributed by atoms with Crippen LogP contribution in [0.4, 0.5) is 0 Å². The largest absolute Gasteiger partial charge is 0.452 e. The molecule has 2 atom stereocenters. The maximum absolute atomic E-state index is 5.51. The third-order valence-electron chi connectivity index (χ3n) is 3.44. The van der Waals surface area contributed by atoms with Gasteiger partial charge in [-0.1, -0.05) is 19.8 Å². The average molecular weight is 351 g/mol. The van der Waals surface area contributed by atoms with E-state index in [1.807, 2.05) is 6.07 Å². The lowest BCUT2D eigenvalue weighted by atomic mass is 9.98. The minimum Gasteiger partial charge on any atom is -0.452 e. The Labute approximate surface area is 113 Å². The van der Waals surface area contributed by atoms with Crippen LogP contribution < -0.4 is 5.32 Å². The van der Waals surface area contributed by atoms with Crippen molar-refractivity contribution in [2.45, 2.75) is 32.7 Å². The molecule has 0 bridgehead atoms. The van der Waals surface area contributed by atoms with Crippen molar-refractivity contribution >= 4 is 31.9 Å². The van der Waals surface area contributed by atoms with Crippen LogP contribution in [0.5, 0.6) is 0 Å². The van der Waals surface area contributed by atoms with Crippen molar-refractivity contribution in [1.82, 2.24) is 5.32 Å². The lowest BCUT2D eigenvalue weighted by Crippen LogP contribution is -2.23. The molecule has 0 aliphatic heterocycles. The Morgan fingerprint density at radius 2 is 2.25 bits per heavy atom. The Hall–Kier alpha value is 0.200. The lowest BCUT2D eigenvalue weighted by Gasteiger charge is -2.15. The van der Waals surface area contributed by atoms with Crippen molar-refractivity contribution in [3.8, 4) is 0 Å². The van der Waals surface area contributed by atoms with Crippen molar-refractivity contribution in [1.29, 1.82) is 0 Å². The number of hydrogen-bond donors (Lipinski definition) is 1. The Bertz CT molecular complexity index is 331. The van der Waals surface area contributed by atoms with Gasteiger partial charge in [-0.3, -0.25) is 0 Å². The standard InChI is InChI=1S/C12H17Br2NO/c1-8-3-2-4-9(8)6-15-7-10-5-11(13)12(14)16-10/h5,8-9,15H,2-4,6-7H2,1H3. The van der Waals surface area contributed by atoms with Gasteiger partial charge in [-0.15, -0.1) is 0 Å². The molecule has 0 saturated heterocycles. The molecule has 0 radical (unpaired) electrons. The summed E-state index contributed by atoms with van der Waals surface area (Å²) in [5.41, 5.74) is 0. The SMILES string of the molecule is CC1CCCC1CNCc1cc(Br)c(Br)o1. The van der Waals surface area contributed by atoms with E-state index in [0.29, 0.717) is 0 Å². The topological polar surface area (TPSA) is 25.2 Å².